The fourth-order valence-corrected chi connectivity index (χ4v) is 3.43. The molecule has 0 unspecified atom stereocenters. The van der Waals surface area contributed by atoms with Crippen LogP contribution in [0.5, 0.6) is 5.75 Å². The molecule has 7 heteroatoms. The first-order valence-corrected chi connectivity index (χ1v) is 7.16. The molecule has 0 spiro atoms. The molecule has 1 heterocycles. The highest BCUT2D eigenvalue weighted by Gasteiger charge is 2.18. The zero-order valence-corrected chi connectivity index (χ0v) is 13.1. The second-order valence-electron chi connectivity index (χ2n) is 3.30. The van der Waals surface area contributed by atoms with Crippen molar-refractivity contribution in [1.82, 2.24) is 4.98 Å². The molecule has 94 valence electrons. The van der Waals surface area contributed by atoms with Gasteiger partial charge in [0.15, 0.2) is 9.61 Å². The number of hydrogen-bond donors (Lipinski definition) is 1. The van der Waals surface area contributed by atoms with Gasteiger partial charge in [-0.2, -0.15) is 0 Å². The summed E-state index contributed by atoms with van der Waals surface area (Å²) in [6.07, 6.45) is 0. The first kappa shape index (κ1) is 13.5. The number of rotatable bonds is 3. The fourth-order valence-electron chi connectivity index (χ4n) is 1.44. The Hall–Kier alpha value is -0.920. The van der Waals surface area contributed by atoms with Crippen molar-refractivity contribution < 1.29 is 14.6 Å². The third-order valence-electron chi connectivity index (χ3n) is 2.22. The van der Waals surface area contributed by atoms with E-state index in [0.717, 1.165) is 10.0 Å². The average Bonchev–Trinajstić information content (AvgIpc) is 2.71. The lowest BCUT2D eigenvalue weighted by atomic mass is 10.1. The summed E-state index contributed by atoms with van der Waals surface area (Å²) in [5.74, 6) is -0.349. The quantitative estimate of drug-likeness (QED) is 0.856. The molecule has 1 aromatic heterocycles. The highest BCUT2D eigenvalue weighted by molar-refractivity contribution is 9.11. The maximum atomic E-state index is 11.1. The second-order valence-corrected chi connectivity index (χ2v) is 6.43. The predicted molar refractivity (Wildman–Crippen MR) is 76.5 cm³/mol. The summed E-state index contributed by atoms with van der Waals surface area (Å²) in [5.41, 5.74) is 0.826. The largest absolute Gasteiger partial charge is 0.496 e. The summed E-state index contributed by atoms with van der Waals surface area (Å²) in [4.78, 5) is 15.7. The molecule has 18 heavy (non-hydrogen) atoms. The van der Waals surface area contributed by atoms with Gasteiger partial charge in [0, 0.05) is 0 Å². The van der Waals surface area contributed by atoms with Gasteiger partial charge in [0.05, 0.1) is 16.5 Å². The van der Waals surface area contributed by atoms with Gasteiger partial charge < -0.3 is 9.84 Å². The first-order chi connectivity index (χ1) is 8.52. The fraction of sp³-hybridized carbons (Fsp3) is 0.0909. The Bertz CT molecular complexity index is 612. The van der Waals surface area contributed by atoms with Crippen molar-refractivity contribution in [2.45, 2.75) is 0 Å². The van der Waals surface area contributed by atoms with E-state index in [2.05, 4.69) is 36.8 Å². The van der Waals surface area contributed by atoms with Crippen molar-refractivity contribution in [2.75, 3.05) is 7.11 Å². The summed E-state index contributed by atoms with van der Waals surface area (Å²) >= 11 is 7.86. The van der Waals surface area contributed by atoms with Gasteiger partial charge >= 0.3 is 5.97 Å². The minimum Gasteiger partial charge on any atom is -0.496 e. The van der Waals surface area contributed by atoms with Crippen LogP contribution < -0.4 is 4.74 Å². The van der Waals surface area contributed by atoms with Crippen LogP contribution in [0.4, 0.5) is 0 Å². The number of carboxylic acid groups (broad SMARTS) is 1. The second kappa shape index (κ2) is 5.38. The Balaban J connectivity index is 2.55. The molecule has 0 bridgehead atoms. The van der Waals surface area contributed by atoms with Gasteiger partial charge in [-0.3, -0.25) is 0 Å². The zero-order chi connectivity index (χ0) is 13.3. The summed E-state index contributed by atoms with van der Waals surface area (Å²) < 4.78 is 6.44. The van der Waals surface area contributed by atoms with E-state index >= 15 is 0 Å². The Morgan fingerprint density at radius 1 is 1.44 bits per heavy atom. The topological polar surface area (TPSA) is 59.4 Å². The van der Waals surface area contributed by atoms with E-state index in [-0.39, 0.29) is 5.69 Å². The molecular weight excluding hydrogens is 386 g/mol. The maximum Gasteiger partial charge on any atom is 0.356 e. The van der Waals surface area contributed by atoms with E-state index in [1.807, 2.05) is 6.07 Å². The molecule has 1 aromatic carbocycles. The molecule has 0 aliphatic rings. The maximum absolute atomic E-state index is 11.1. The van der Waals surface area contributed by atoms with Crippen LogP contribution in [0.2, 0.25) is 0 Å². The summed E-state index contributed by atoms with van der Waals surface area (Å²) in [6, 6.07) is 5.39. The van der Waals surface area contributed by atoms with E-state index < -0.39 is 5.97 Å². The number of nitrogens with zero attached hydrogens (tertiary/aromatic N) is 1. The van der Waals surface area contributed by atoms with E-state index in [1.165, 1.54) is 11.3 Å². The molecule has 0 amide bonds. The SMILES string of the molecule is COc1ccc(-c2sc(Br)nc2C(=O)O)cc1Br. The number of halogens is 2. The van der Waals surface area contributed by atoms with Crippen molar-refractivity contribution in [3.8, 4) is 16.2 Å². The molecule has 2 rings (SSSR count). The van der Waals surface area contributed by atoms with Crippen molar-refractivity contribution in [1.29, 1.82) is 0 Å². The Kier molecular flexibility index (Phi) is 4.04. The molecule has 1 N–H and O–H groups in total. The predicted octanol–water partition coefficient (Wildman–Crippen LogP) is 4.04. The van der Waals surface area contributed by atoms with Crippen LogP contribution >= 0.6 is 43.2 Å². The van der Waals surface area contributed by atoms with Crippen molar-refractivity contribution in [3.63, 3.8) is 0 Å². The van der Waals surface area contributed by atoms with Crippen LogP contribution in [-0.2, 0) is 0 Å². The van der Waals surface area contributed by atoms with Crippen LogP contribution in [0, 0.1) is 0 Å². The molecule has 0 fully saturated rings. The normalized spacial score (nSPS) is 10.4. The third-order valence-corrected chi connectivity index (χ3v) is 4.39. The van der Waals surface area contributed by atoms with Gasteiger partial charge in [0.25, 0.3) is 0 Å². The number of aromatic nitrogens is 1. The van der Waals surface area contributed by atoms with Gasteiger partial charge in [0.1, 0.15) is 5.75 Å². The molecule has 0 radical (unpaired) electrons. The highest BCUT2D eigenvalue weighted by Crippen LogP contribution is 2.36. The van der Waals surface area contributed by atoms with Crippen LogP contribution in [0.25, 0.3) is 10.4 Å². The van der Waals surface area contributed by atoms with E-state index in [1.54, 1.807) is 19.2 Å². The van der Waals surface area contributed by atoms with Crippen LogP contribution in [0.3, 0.4) is 0 Å². The lowest BCUT2D eigenvalue weighted by Gasteiger charge is -2.05. The number of thiazole rings is 1. The number of hydrogen-bond acceptors (Lipinski definition) is 4. The van der Waals surface area contributed by atoms with Crippen LogP contribution in [0.15, 0.2) is 26.6 Å². The van der Waals surface area contributed by atoms with E-state index in [9.17, 15) is 4.79 Å². The average molecular weight is 393 g/mol. The molecule has 0 saturated heterocycles. The van der Waals surface area contributed by atoms with E-state index in [0.29, 0.717) is 14.5 Å². The smallest absolute Gasteiger partial charge is 0.356 e. The summed E-state index contributed by atoms with van der Waals surface area (Å²) in [7, 11) is 1.58. The number of carboxylic acids is 1. The van der Waals surface area contributed by atoms with Crippen LogP contribution in [0.1, 0.15) is 10.5 Å². The molecule has 0 atom stereocenters. The molecule has 0 saturated carbocycles. The van der Waals surface area contributed by atoms with Gasteiger partial charge in [-0.1, -0.05) is 0 Å². The lowest BCUT2D eigenvalue weighted by molar-refractivity contribution is 0.0692. The van der Waals surface area contributed by atoms with Crippen molar-refractivity contribution in [2.24, 2.45) is 0 Å². The van der Waals surface area contributed by atoms with Gasteiger partial charge in [-0.15, -0.1) is 11.3 Å². The number of methoxy groups -OCH3 is 1. The Labute approximate surface area is 124 Å². The monoisotopic (exact) mass is 391 g/mol. The van der Waals surface area contributed by atoms with E-state index in [4.69, 9.17) is 9.84 Å². The van der Waals surface area contributed by atoms with Crippen molar-refractivity contribution >= 4 is 49.2 Å². The molecule has 2 aromatic rings. The van der Waals surface area contributed by atoms with Gasteiger partial charge in [-0.05, 0) is 55.6 Å². The molecular formula is C11H7Br2NO3S. The number of aromatic carboxylic acids is 1. The van der Waals surface area contributed by atoms with Crippen molar-refractivity contribution in [3.05, 3.63) is 32.3 Å². The number of ether oxygens (including phenoxy) is 1. The number of carbonyl (C=O) groups is 1. The highest BCUT2D eigenvalue weighted by atomic mass is 79.9. The standard InChI is InChI=1S/C11H7Br2NO3S/c1-17-7-3-2-5(4-6(7)12)9-8(10(15)16)14-11(13)18-9/h2-4H,1H3,(H,15,16). The number of benzene rings is 1. The minimum atomic E-state index is -1.04. The van der Waals surface area contributed by atoms with Crippen LogP contribution in [-0.4, -0.2) is 23.2 Å². The van der Waals surface area contributed by atoms with Gasteiger partial charge in [0.2, 0.25) is 0 Å². The molecule has 4 nitrogen and oxygen atoms in total. The van der Waals surface area contributed by atoms with Gasteiger partial charge in [-0.25, -0.2) is 9.78 Å². The summed E-state index contributed by atoms with van der Waals surface area (Å²) in [5, 5.41) is 9.10. The molecule has 0 aliphatic heterocycles. The Morgan fingerprint density at radius 3 is 2.72 bits per heavy atom. The first-order valence-electron chi connectivity index (χ1n) is 4.76. The minimum absolute atomic E-state index is 0.0453. The lowest BCUT2D eigenvalue weighted by Crippen LogP contribution is -1.98. The summed E-state index contributed by atoms with van der Waals surface area (Å²) in [6.45, 7) is 0. The zero-order valence-electron chi connectivity index (χ0n) is 9.11. The third kappa shape index (κ3) is 2.57. The molecule has 0 aliphatic carbocycles. The Morgan fingerprint density at radius 2 is 2.17 bits per heavy atom.